The molecule has 0 aliphatic heterocycles. The molecule has 0 saturated carbocycles. The number of carbonyl (C=O) groups is 1. The van der Waals surface area contributed by atoms with Gasteiger partial charge >= 0.3 is 5.97 Å². The first kappa shape index (κ1) is 19.1. The molecule has 5 aromatic rings. The van der Waals surface area contributed by atoms with Gasteiger partial charge in [0, 0.05) is 16.3 Å². The Balaban J connectivity index is 1.56. The molecule has 7 heteroatoms. The highest BCUT2D eigenvalue weighted by Crippen LogP contribution is 2.35. The number of pyridine rings is 1. The van der Waals surface area contributed by atoms with Crippen molar-refractivity contribution in [3.63, 3.8) is 0 Å². The summed E-state index contributed by atoms with van der Waals surface area (Å²) in [6.07, 6.45) is 3.86. The van der Waals surface area contributed by atoms with Gasteiger partial charge in [0.1, 0.15) is 5.75 Å². The molecule has 0 atom stereocenters. The standard InChI is InChI=1S/C24H16ClN3O3/c1-13-6-7-15(8-17(13)23(29)30)31-24-27-21-9-18(20(25)10-22(21)28-24)19-12-26-11-14-4-2-3-5-16(14)19/h2-12H,1H3,(H,27,28)(H,29,30)/p+1. The Labute approximate surface area is 182 Å². The van der Waals surface area contributed by atoms with Crippen molar-refractivity contribution in [2.24, 2.45) is 0 Å². The van der Waals surface area contributed by atoms with Crippen LogP contribution < -0.4 is 9.72 Å². The van der Waals surface area contributed by atoms with E-state index in [2.05, 4.69) is 21.0 Å². The van der Waals surface area contributed by atoms with Gasteiger partial charge in [0.25, 0.3) is 6.01 Å². The number of aryl methyl sites for hydroxylation is 1. The number of nitrogens with zero attached hydrogens (tertiary/aromatic N) is 1. The Morgan fingerprint density at radius 2 is 1.94 bits per heavy atom. The molecule has 5 rings (SSSR count). The molecule has 152 valence electrons. The summed E-state index contributed by atoms with van der Waals surface area (Å²) in [5.74, 6) is -0.618. The van der Waals surface area contributed by atoms with Gasteiger partial charge in [-0.3, -0.25) is 0 Å². The van der Waals surface area contributed by atoms with Crippen LogP contribution in [-0.2, 0) is 0 Å². The Morgan fingerprint density at radius 3 is 2.77 bits per heavy atom. The number of nitrogens with one attached hydrogen (secondary N) is 2. The van der Waals surface area contributed by atoms with Gasteiger partial charge in [0.2, 0.25) is 0 Å². The number of halogens is 1. The first-order chi connectivity index (χ1) is 15.0. The lowest BCUT2D eigenvalue weighted by atomic mass is 10.0. The minimum atomic E-state index is -1.00. The second-order valence-electron chi connectivity index (χ2n) is 7.23. The van der Waals surface area contributed by atoms with Crippen LogP contribution in [0.25, 0.3) is 32.9 Å². The molecule has 3 N–H and O–H groups in total. The molecule has 6 nitrogen and oxygen atoms in total. The maximum Gasteiger partial charge on any atom is 0.336 e. The summed E-state index contributed by atoms with van der Waals surface area (Å²) >= 11 is 6.61. The number of hydrogen-bond donors (Lipinski definition) is 2. The number of aromatic carboxylic acids is 1. The normalized spacial score (nSPS) is 11.2. The van der Waals surface area contributed by atoms with E-state index in [9.17, 15) is 9.90 Å². The molecule has 0 unspecified atom stereocenters. The number of carboxylic acid groups (broad SMARTS) is 1. The Bertz CT molecular complexity index is 1470. The molecule has 2 heterocycles. The summed E-state index contributed by atoms with van der Waals surface area (Å²) < 4.78 is 5.79. The number of aromatic amines is 2. The Hall–Kier alpha value is -3.90. The molecular formula is C24H17ClN3O3+. The van der Waals surface area contributed by atoms with Gasteiger partial charge in [-0.15, -0.1) is 0 Å². The Morgan fingerprint density at radius 1 is 1.10 bits per heavy atom. The highest BCUT2D eigenvalue weighted by atomic mass is 35.5. The van der Waals surface area contributed by atoms with Crippen LogP contribution in [0.2, 0.25) is 5.02 Å². The van der Waals surface area contributed by atoms with Crippen LogP contribution in [0.1, 0.15) is 15.9 Å². The third kappa shape index (κ3) is 3.47. The molecule has 2 aromatic heterocycles. The van der Waals surface area contributed by atoms with Crippen molar-refractivity contribution in [3.05, 3.63) is 83.1 Å². The maximum absolute atomic E-state index is 11.4. The zero-order chi connectivity index (χ0) is 21.5. The number of hydrogen-bond acceptors (Lipinski definition) is 3. The third-order valence-electron chi connectivity index (χ3n) is 5.21. The SMILES string of the molecule is Cc1ccc(Oc2nc3cc(-c4c[nH+]cc5ccccc45)c(Cl)cc3[nH]2)cc1C(=O)O. The largest absolute Gasteiger partial charge is 0.478 e. The summed E-state index contributed by atoms with van der Waals surface area (Å²) in [7, 11) is 0. The zero-order valence-corrected chi connectivity index (χ0v) is 17.2. The smallest absolute Gasteiger partial charge is 0.336 e. The second kappa shape index (κ2) is 7.41. The van der Waals surface area contributed by atoms with Gasteiger partial charge in [-0.05, 0) is 42.8 Å². The summed E-state index contributed by atoms with van der Waals surface area (Å²) in [4.78, 5) is 22.2. The lowest BCUT2D eigenvalue weighted by molar-refractivity contribution is -0.375. The highest BCUT2D eigenvalue weighted by molar-refractivity contribution is 6.34. The van der Waals surface area contributed by atoms with Gasteiger partial charge in [0.05, 0.1) is 27.2 Å². The van der Waals surface area contributed by atoms with Crippen molar-refractivity contribution in [3.8, 4) is 22.9 Å². The molecule has 0 fully saturated rings. The number of carboxylic acids is 1. The number of fused-ring (bicyclic) bond motifs is 2. The zero-order valence-electron chi connectivity index (χ0n) is 16.4. The van der Waals surface area contributed by atoms with E-state index in [0.29, 0.717) is 21.9 Å². The molecular weight excluding hydrogens is 414 g/mol. The van der Waals surface area contributed by atoms with Crippen molar-refractivity contribution in [2.75, 3.05) is 0 Å². The second-order valence-corrected chi connectivity index (χ2v) is 7.64. The van der Waals surface area contributed by atoms with Crippen molar-refractivity contribution in [1.82, 2.24) is 9.97 Å². The molecule has 0 amide bonds. The summed E-state index contributed by atoms with van der Waals surface area (Å²) in [5, 5.41) is 12.1. The maximum atomic E-state index is 11.4. The van der Waals surface area contributed by atoms with Crippen molar-refractivity contribution >= 4 is 39.4 Å². The minimum absolute atomic E-state index is 0.186. The Kier molecular flexibility index (Phi) is 4.56. The van der Waals surface area contributed by atoms with E-state index in [1.165, 1.54) is 6.07 Å². The monoisotopic (exact) mass is 430 g/mol. The van der Waals surface area contributed by atoms with Crippen molar-refractivity contribution in [1.29, 1.82) is 0 Å². The number of rotatable bonds is 4. The fourth-order valence-electron chi connectivity index (χ4n) is 3.65. The van der Waals surface area contributed by atoms with E-state index >= 15 is 0 Å². The van der Waals surface area contributed by atoms with Crippen LogP contribution in [0.4, 0.5) is 0 Å². The van der Waals surface area contributed by atoms with Crippen LogP contribution in [0.3, 0.4) is 0 Å². The number of benzene rings is 3. The van der Waals surface area contributed by atoms with Gasteiger partial charge < -0.3 is 14.8 Å². The number of H-pyrrole nitrogens is 2. The van der Waals surface area contributed by atoms with E-state index in [1.807, 2.05) is 42.7 Å². The van der Waals surface area contributed by atoms with Crippen LogP contribution in [-0.4, -0.2) is 21.0 Å². The topological polar surface area (TPSA) is 89.4 Å². The quantitative estimate of drug-likeness (QED) is 0.385. The molecule has 3 aromatic carbocycles. The van der Waals surface area contributed by atoms with Crippen LogP contribution in [0.5, 0.6) is 11.8 Å². The van der Waals surface area contributed by atoms with E-state index in [0.717, 1.165) is 27.4 Å². The summed E-state index contributed by atoms with van der Waals surface area (Å²) in [6.45, 7) is 1.74. The van der Waals surface area contributed by atoms with E-state index < -0.39 is 5.97 Å². The first-order valence-electron chi connectivity index (χ1n) is 9.60. The molecule has 31 heavy (non-hydrogen) atoms. The van der Waals surface area contributed by atoms with Gasteiger partial charge in [-0.25, -0.2) is 9.78 Å². The van der Waals surface area contributed by atoms with Crippen molar-refractivity contribution in [2.45, 2.75) is 6.92 Å². The predicted molar refractivity (Wildman–Crippen MR) is 119 cm³/mol. The lowest BCUT2D eigenvalue weighted by Gasteiger charge is -2.05. The summed E-state index contributed by atoms with van der Waals surface area (Å²) in [6, 6.07) is 16.9. The van der Waals surface area contributed by atoms with Crippen molar-refractivity contribution < 1.29 is 19.6 Å². The van der Waals surface area contributed by atoms with Crippen LogP contribution in [0, 0.1) is 6.92 Å². The third-order valence-corrected chi connectivity index (χ3v) is 5.52. The first-order valence-corrected chi connectivity index (χ1v) is 9.97. The molecule has 0 aliphatic carbocycles. The molecule has 0 aliphatic rings. The van der Waals surface area contributed by atoms with Gasteiger partial charge in [-0.1, -0.05) is 35.9 Å². The fraction of sp³-hybridized carbons (Fsp3) is 0.0417. The van der Waals surface area contributed by atoms with Gasteiger partial charge in [-0.2, -0.15) is 4.98 Å². The van der Waals surface area contributed by atoms with Crippen LogP contribution >= 0.6 is 11.6 Å². The summed E-state index contributed by atoms with van der Waals surface area (Å²) in [5.41, 5.74) is 4.08. The number of imidazole rings is 1. The lowest BCUT2D eigenvalue weighted by Crippen LogP contribution is -2.00. The van der Waals surface area contributed by atoms with E-state index in [4.69, 9.17) is 16.3 Å². The average molecular weight is 431 g/mol. The number of ether oxygens (including phenoxy) is 1. The molecule has 0 spiro atoms. The minimum Gasteiger partial charge on any atom is -0.478 e. The predicted octanol–water partition coefficient (Wildman–Crippen LogP) is 5.65. The van der Waals surface area contributed by atoms with E-state index in [-0.39, 0.29) is 11.6 Å². The molecule has 0 radical (unpaired) electrons. The van der Waals surface area contributed by atoms with Crippen LogP contribution in [0.15, 0.2) is 67.0 Å². The van der Waals surface area contributed by atoms with Gasteiger partial charge in [0.15, 0.2) is 12.4 Å². The number of aromatic nitrogens is 3. The molecule has 0 bridgehead atoms. The average Bonchev–Trinajstić information content (AvgIpc) is 3.15. The van der Waals surface area contributed by atoms with E-state index in [1.54, 1.807) is 19.1 Å². The molecule has 0 saturated heterocycles. The fourth-order valence-corrected chi connectivity index (χ4v) is 3.92. The highest BCUT2D eigenvalue weighted by Gasteiger charge is 2.15.